The predicted molar refractivity (Wildman–Crippen MR) is 82.7 cm³/mol. The number of hydrogen-bond donors (Lipinski definition) is 1. The fourth-order valence-corrected chi connectivity index (χ4v) is 5.11. The van der Waals surface area contributed by atoms with Crippen LogP contribution >= 0.6 is 27.3 Å². The lowest BCUT2D eigenvalue weighted by molar-refractivity contribution is 0.503. The molecule has 0 saturated carbocycles. The summed E-state index contributed by atoms with van der Waals surface area (Å²) < 4.78 is 26.3. The molecule has 0 saturated heterocycles. The highest BCUT2D eigenvalue weighted by Crippen LogP contribution is 2.33. The molecule has 0 aliphatic carbocycles. The van der Waals surface area contributed by atoms with Gasteiger partial charge in [0.05, 0.1) is 10.3 Å². The molecule has 1 rings (SSSR count). The predicted octanol–water partition coefficient (Wildman–Crippen LogP) is 2.26. The second kappa shape index (κ2) is 7.41. The molecule has 106 valence electrons. The smallest absolute Gasteiger partial charge is 0.245 e. The number of terminal acetylenes is 1. The summed E-state index contributed by atoms with van der Waals surface area (Å²) in [5, 5.41) is 3.25. The molecule has 0 radical (unpaired) electrons. The third-order valence-electron chi connectivity index (χ3n) is 2.43. The maximum Gasteiger partial charge on any atom is 0.245 e. The summed E-state index contributed by atoms with van der Waals surface area (Å²) in [6.45, 7) is 3.73. The van der Waals surface area contributed by atoms with Crippen LogP contribution in [0.4, 0.5) is 0 Å². The Morgan fingerprint density at radius 1 is 1.58 bits per heavy atom. The van der Waals surface area contributed by atoms with Crippen molar-refractivity contribution in [3.8, 4) is 12.3 Å². The zero-order valence-corrected chi connectivity index (χ0v) is 14.2. The summed E-state index contributed by atoms with van der Waals surface area (Å²) in [5.74, 6) is 2.33. The Morgan fingerprint density at radius 2 is 2.26 bits per heavy atom. The minimum absolute atomic E-state index is 0.0635. The highest BCUT2D eigenvalue weighted by Gasteiger charge is 2.25. The standard InChI is InChI=1S/C12H17BrN2O2S2/c1-4-6-14-9-10-8-11(12(13)18-10)19(16,17)15(3)7-5-2/h2,8,14H,4,6-7,9H2,1,3H3. The fraction of sp³-hybridized carbons (Fsp3) is 0.500. The average molecular weight is 365 g/mol. The third kappa shape index (κ3) is 4.29. The van der Waals surface area contributed by atoms with E-state index in [1.807, 2.05) is 0 Å². The minimum atomic E-state index is -3.51. The van der Waals surface area contributed by atoms with E-state index in [4.69, 9.17) is 6.42 Å². The summed E-state index contributed by atoms with van der Waals surface area (Å²) in [7, 11) is -2.03. The molecule has 0 fully saturated rings. The topological polar surface area (TPSA) is 49.4 Å². The number of sulfonamides is 1. The lowest BCUT2D eigenvalue weighted by Gasteiger charge is -2.13. The lowest BCUT2D eigenvalue weighted by atomic mass is 10.4. The van der Waals surface area contributed by atoms with E-state index in [0.29, 0.717) is 10.3 Å². The zero-order valence-electron chi connectivity index (χ0n) is 10.9. The second-order valence-electron chi connectivity index (χ2n) is 3.99. The molecule has 0 atom stereocenters. The van der Waals surface area contributed by atoms with E-state index in [9.17, 15) is 8.42 Å². The van der Waals surface area contributed by atoms with Gasteiger partial charge in [0, 0.05) is 18.5 Å². The van der Waals surface area contributed by atoms with Crippen LogP contribution in [-0.2, 0) is 16.6 Å². The summed E-state index contributed by atoms with van der Waals surface area (Å²) in [6, 6.07) is 1.69. The number of thiophene rings is 1. The first kappa shape index (κ1) is 16.7. The van der Waals surface area contributed by atoms with E-state index in [1.54, 1.807) is 6.07 Å². The number of nitrogens with one attached hydrogen (secondary N) is 1. The molecule has 0 aliphatic rings. The molecule has 0 bridgehead atoms. The van der Waals surface area contributed by atoms with Gasteiger partial charge < -0.3 is 5.32 Å². The number of halogens is 1. The normalized spacial score (nSPS) is 11.7. The number of hydrogen-bond acceptors (Lipinski definition) is 4. The van der Waals surface area contributed by atoms with E-state index in [-0.39, 0.29) is 11.4 Å². The summed E-state index contributed by atoms with van der Waals surface area (Å²) in [4.78, 5) is 1.26. The Balaban J connectivity index is 2.92. The van der Waals surface area contributed by atoms with Crippen LogP contribution in [0.5, 0.6) is 0 Å². The molecule has 7 heteroatoms. The van der Waals surface area contributed by atoms with Crippen LogP contribution in [0, 0.1) is 12.3 Å². The van der Waals surface area contributed by atoms with E-state index in [2.05, 4.69) is 34.1 Å². The van der Waals surface area contributed by atoms with Crippen LogP contribution in [0.3, 0.4) is 0 Å². The number of rotatable bonds is 7. The minimum Gasteiger partial charge on any atom is -0.312 e. The second-order valence-corrected chi connectivity index (χ2v) is 8.46. The highest BCUT2D eigenvalue weighted by molar-refractivity contribution is 9.11. The monoisotopic (exact) mass is 364 g/mol. The van der Waals surface area contributed by atoms with Crippen molar-refractivity contribution in [1.29, 1.82) is 0 Å². The molecule has 1 N–H and O–H groups in total. The van der Waals surface area contributed by atoms with Gasteiger partial charge in [0.25, 0.3) is 0 Å². The third-order valence-corrected chi connectivity index (χ3v) is 6.49. The Kier molecular flexibility index (Phi) is 6.50. The van der Waals surface area contributed by atoms with E-state index in [0.717, 1.165) is 17.8 Å². The maximum atomic E-state index is 12.3. The van der Waals surface area contributed by atoms with Crippen molar-refractivity contribution in [1.82, 2.24) is 9.62 Å². The first-order chi connectivity index (χ1) is 8.93. The van der Waals surface area contributed by atoms with E-state index >= 15 is 0 Å². The van der Waals surface area contributed by atoms with Crippen LogP contribution in [0.2, 0.25) is 0 Å². The van der Waals surface area contributed by atoms with Crippen LogP contribution in [-0.4, -0.2) is 32.9 Å². The van der Waals surface area contributed by atoms with Crippen molar-refractivity contribution < 1.29 is 8.42 Å². The van der Waals surface area contributed by atoms with Crippen molar-refractivity contribution in [2.24, 2.45) is 0 Å². The van der Waals surface area contributed by atoms with Crippen molar-refractivity contribution in [3.05, 3.63) is 14.7 Å². The van der Waals surface area contributed by atoms with Crippen LogP contribution in [0.1, 0.15) is 18.2 Å². The van der Waals surface area contributed by atoms with Gasteiger partial charge in [-0.3, -0.25) is 0 Å². The molecule has 0 unspecified atom stereocenters. The van der Waals surface area contributed by atoms with Gasteiger partial charge in [0.15, 0.2) is 0 Å². The quantitative estimate of drug-likeness (QED) is 0.596. The van der Waals surface area contributed by atoms with Gasteiger partial charge in [0.1, 0.15) is 4.90 Å². The largest absolute Gasteiger partial charge is 0.312 e. The Morgan fingerprint density at radius 3 is 2.84 bits per heavy atom. The molecule has 1 heterocycles. The SMILES string of the molecule is C#CCN(C)S(=O)(=O)c1cc(CNCCC)sc1Br. The summed E-state index contributed by atoms with van der Waals surface area (Å²) in [6.07, 6.45) is 6.20. The average Bonchev–Trinajstić information content (AvgIpc) is 2.72. The van der Waals surface area contributed by atoms with Crippen LogP contribution in [0.15, 0.2) is 14.7 Å². The molecule has 19 heavy (non-hydrogen) atoms. The van der Waals surface area contributed by atoms with Gasteiger partial charge >= 0.3 is 0 Å². The molecule has 0 aromatic carbocycles. The first-order valence-corrected chi connectivity index (χ1v) is 8.87. The zero-order chi connectivity index (χ0) is 14.5. The lowest BCUT2D eigenvalue weighted by Crippen LogP contribution is -2.27. The summed E-state index contributed by atoms with van der Waals surface area (Å²) >= 11 is 4.74. The molecular weight excluding hydrogens is 348 g/mol. The Labute approximate surface area is 127 Å². The van der Waals surface area contributed by atoms with E-state index in [1.165, 1.54) is 22.7 Å². The van der Waals surface area contributed by atoms with Crippen LogP contribution in [0.25, 0.3) is 0 Å². The molecule has 0 spiro atoms. The summed E-state index contributed by atoms with van der Waals surface area (Å²) in [5.41, 5.74) is 0. The van der Waals surface area contributed by atoms with E-state index < -0.39 is 10.0 Å². The van der Waals surface area contributed by atoms with Crippen LogP contribution < -0.4 is 5.32 Å². The van der Waals surface area contributed by atoms with Gasteiger partial charge in [-0.2, -0.15) is 4.31 Å². The molecule has 0 aliphatic heterocycles. The van der Waals surface area contributed by atoms with Crippen molar-refractivity contribution in [3.63, 3.8) is 0 Å². The van der Waals surface area contributed by atoms with Crippen molar-refractivity contribution in [2.45, 2.75) is 24.8 Å². The molecule has 0 amide bonds. The van der Waals surface area contributed by atoms with Crippen molar-refractivity contribution >= 4 is 37.3 Å². The molecule has 1 aromatic heterocycles. The van der Waals surface area contributed by atoms with Gasteiger partial charge in [0.2, 0.25) is 10.0 Å². The first-order valence-electron chi connectivity index (χ1n) is 5.82. The van der Waals surface area contributed by atoms with Gasteiger partial charge in [-0.05, 0) is 35.0 Å². The molecular formula is C12H17BrN2O2S2. The molecule has 4 nitrogen and oxygen atoms in total. The Bertz CT molecular complexity index is 561. The molecule has 1 aromatic rings. The maximum absolute atomic E-state index is 12.3. The van der Waals surface area contributed by atoms with Gasteiger partial charge in [-0.1, -0.05) is 12.8 Å². The van der Waals surface area contributed by atoms with Crippen molar-refractivity contribution in [2.75, 3.05) is 20.1 Å². The highest BCUT2D eigenvalue weighted by atomic mass is 79.9. The van der Waals surface area contributed by atoms with Gasteiger partial charge in [-0.25, -0.2) is 8.42 Å². The fourth-order valence-electron chi connectivity index (χ4n) is 1.43. The Hall–Kier alpha value is -0.390. The number of nitrogens with zero attached hydrogens (tertiary/aromatic N) is 1. The van der Waals surface area contributed by atoms with Gasteiger partial charge in [-0.15, -0.1) is 17.8 Å².